The topological polar surface area (TPSA) is 215 Å². The molecule has 15 heteroatoms. The van der Waals surface area contributed by atoms with Crippen molar-refractivity contribution in [3.8, 4) is 0 Å². The molecule has 0 unspecified atom stereocenters. The summed E-state index contributed by atoms with van der Waals surface area (Å²) in [5, 5.41) is 27.5. The summed E-state index contributed by atoms with van der Waals surface area (Å²) < 4.78 is 0. The van der Waals surface area contributed by atoms with Gasteiger partial charge in [-0.05, 0) is 100 Å². The molecule has 3 aliphatic rings. The number of nitrogens with zero attached hydrogens (tertiary/aromatic N) is 2. The van der Waals surface area contributed by atoms with E-state index in [1.165, 1.54) is 0 Å². The highest BCUT2D eigenvalue weighted by molar-refractivity contribution is 6.08. The van der Waals surface area contributed by atoms with E-state index in [0.29, 0.717) is 37.2 Å². The number of fused-ring (bicyclic) bond motifs is 1. The fourth-order valence-corrected chi connectivity index (χ4v) is 7.94. The molecule has 0 aliphatic carbocycles. The molecule has 338 valence electrons. The summed E-state index contributed by atoms with van der Waals surface area (Å²) in [4.78, 5) is 86.7. The van der Waals surface area contributed by atoms with Crippen molar-refractivity contribution in [2.24, 2.45) is 5.92 Å². The van der Waals surface area contributed by atoms with Crippen LogP contribution in [-0.4, -0.2) is 108 Å². The Kier molecular flexibility index (Phi) is 17.7. The van der Waals surface area contributed by atoms with Gasteiger partial charge < -0.3 is 41.3 Å². The molecule has 2 saturated heterocycles. The maximum atomic E-state index is 13.7. The summed E-state index contributed by atoms with van der Waals surface area (Å²) in [6.45, 7) is 6.05. The van der Waals surface area contributed by atoms with Gasteiger partial charge in [-0.25, -0.2) is 0 Å². The third kappa shape index (κ3) is 13.6. The Hall–Kier alpha value is -6.87. The van der Waals surface area contributed by atoms with Crippen molar-refractivity contribution in [1.29, 1.82) is 0 Å². The molecular formula is C49H58N6O9. The second-order valence-electron chi connectivity index (χ2n) is 16.4. The molecule has 4 aromatic rings. The van der Waals surface area contributed by atoms with Crippen molar-refractivity contribution in [3.05, 3.63) is 138 Å². The van der Waals surface area contributed by atoms with Gasteiger partial charge in [0.25, 0.3) is 11.8 Å². The first-order valence-electron chi connectivity index (χ1n) is 21.6. The first-order valence-corrected chi connectivity index (χ1v) is 21.6. The van der Waals surface area contributed by atoms with Crippen molar-refractivity contribution in [3.63, 3.8) is 0 Å². The number of aryl methyl sites for hydroxylation is 1. The number of carboxylic acid groups (broad SMARTS) is 2. The van der Waals surface area contributed by atoms with Gasteiger partial charge in [-0.15, -0.1) is 0 Å². The lowest BCUT2D eigenvalue weighted by atomic mass is 9.86. The van der Waals surface area contributed by atoms with Crippen LogP contribution in [0.2, 0.25) is 0 Å². The molecule has 0 spiro atoms. The van der Waals surface area contributed by atoms with Crippen molar-refractivity contribution in [1.82, 2.24) is 26.2 Å². The highest BCUT2D eigenvalue weighted by Gasteiger charge is 2.47. The quantitative estimate of drug-likeness (QED) is 0.111. The fourth-order valence-electron chi connectivity index (χ4n) is 7.94. The monoisotopic (exact) mass is 874 g/mol. The zero-order valence-corrected chi connectivity index (χ0v) is 36.3. The normalized spacial score (nSPS) is 16.9. The molecule has 2 atom stereocenters. The molecule has 0 bridgehead atoms. The molecule has 6 N–H and O–H groups in total. The van der Waals surface area contributed by atoms with Crippen LogP contribution in [0.1, 0.15) is 77.8 Å². The number of hydrogen-bond donors (Lipinski definition) is 6. The van der Waals surface area contributed by atoms with Crippen molar-refractivity contribution in [2.75, 3.05) is 44.2 Å². The summed E-state index contributed by atoms with van der Waals surface area (Å²) in [5.74, 6) is -2.84. The molecule has 15 nitrogen and oxygen atoms in total. The second-order valence-corrected chi connectivity index (χ2v) is 16.4. The van der Waals surface area contributed by atoms with E-state index in [0.717, 1.165) is 55.5 Å². The van der Waals surface area contributed by atoms with Gasteiger partial charge in [0.05, 0.1) is 11.3 Å². The van der Waals surface area contributed by atoms with Gasteiger partial charge >= 0.3 is 11.9 Å². The van der Waals surface area contributed by atoms with Crippen LogP contribution >= 0.6 is 0 Å². The van der Waals surface area contributed by atoms with Crippen molar-refractivity contribution < 1.29 is 43.8 Å². The SMILES string of the molecule is CC1(C)C(=O)N(C2CCN(C(=O)[C@H](CCc3ccccc3)NC(=O)[C@@H]3CCCNC3)CC2)c2ccccc21.O=C(O)CNC(=O)c1ccccc1.O=C(O)CNC(=O)c1ccccc1. The van der Waals surface area contributed by atoms with Crippen LogP contribution in [0.15, 0.2) is 115 Å². The lowest BCUT2D eigenvalue weighted by Crippen LogP contribution is -2.55. The van der Waals surface area contributed by atoms with Crippen molar-refractivity contribution in [2.45, 2.75) is 69.9 Å². The van der Waals surface area contributed by atoms with Crippen LogP contribution in [0, 0.1) is 5.92 Å². The van der Waals surface area contributed by atoms with Crippen LogP contribution < -0.4 is 26.2 Å². The number of carbonyl (C=O) groups is 7. The summed E-state index contributed by atoms with van der Waals surface area (Å²) >= 11 is 0. The minimum Gasteiger partial charge on any atom is -0.480 e. The first kappa shape index (κ1) is 48.2. The van der Waals surface area contributed by atoms with Gasteiger partial charge in [0, 0.05) is 42.5 Å². The van der Waals surface area contributed by atoms with Crippen LogP contribution in [0.4, 0.5) is 5.69 Å². The van der Waals surface area contributed by atoms with E-state index >= 15 is 0 Å². The van der Waals surface area contributed by atoms with Crippen LogP contribution in [-0.2, 0) is 35.8 Å². The Morgan fingerprint density at radius 2 is 1.23 bits per heavy atom. The molecule has 7 rings (SSSR count). The molecule has 64 heavy (non-hydrogen) atoms. The van der Waals surface area contributed by atoms with Gasteiger partial charge in [0.2, 0.25) is 17.7 Å². The summed E-state index contributed by atoms with van der Waals surface area (Å²) in [7, 11) is 0. The minimum absolute atomic E-state index is 0.00928. The second kappa shape index (κ2) is 23.5. The lowest BCUT2D eigenvalue weighted by Gasteiger charge is -2.39. The lowest BCUT2D eigenvalue weighted by molar-refractivity contribution is -0.138. The predicted molar refractivity (Wildman–Crippen MR) is 242 cm³/mol. The number of para-hydroxylation sites is 1. The first-order chi connectivity index (χ1) is 30.8. The van der Waals surface area contributed by atoms with Crippen LogP contribution in [0.5, 0.6) is 0 Å². The van der Waals surface area contributed by atoms with E-state index in [1.54, 1.807) is 60.7 Å². The van der Waals surface area contributed by atoms with Gasteiger partial charge in [0.15, 0.2) is 0 Å². The molecule has 3 heterocycles. The predicted octanol–water partition coefficient (Wildman–Crippen LogP) is 4.42. The van der Waals surface area contributed by atoms with E-state index < -0.39 is 23.4 Å². The number of nitrogens with one attached hydrogen (secondary N) is 4. The number of benzene rings is 4. The van der Waals surface area contributed by atoms with Gasteiger partial charge in [-0.2, -0.15) is 0 Å². The number of carbonyl (C=O) groups excluding carboxylic acids is 5. The third-order valence-corrected chi connectivity index (χ3v) is 11.5. The maximum Gasteiger partial charge on any atom is 0.322 e. The summed E-state index contributed by atoms with van der Waals surface area (Å²) in [5.41, 5.74) is 3.62. The molecule has 3 aliphatic heterocycles. The van der Waals surface area contributed by atoms with E-state index in [4.69, 9.17) is 10.2 Å². The Bertz CT molecular complexity index is 2140. The maximum absolute atomic E-state index is 13.7. The minimum atomic E-state index is -1.05. The number of rotatable bonds is 13. The molecule has 0 aromatic heterocycles. The van der Waals surface area contributed by atoms with Gasteiger partial charge in [-0.3, -0.25) is 33.6 Å². The van der Waals surface area contributed by atoms with E-state index in [-0.39, 0.29) is 54.6 Å². The van der Waals surface area contributed by atoms with Crippen molar-refractivity contribution >= 4 is 47.2 Å². The van der Waals surface area contributed by atoms with Gasteiger partial charge in [0.1, 0.15) is 19.1 Å². The van der Waals surface area contributed by atoms with E-state index in [9.17, 15) is 33.6 Å². The van der Waals surface area contributed by atoms with Gasteiger partial charge in [-0.1, -0.05) is 84.9 Å². The zero-order chi connectivity index (χ0) is 46.1. The number of anilines is 1. The molecule has 0 saturated carbocycles. The molecular weight excluding hydrogens is 817 g/mol. The largest absolute Gasteiger partial charge is 0.480 e. The Balaban J connectivity index is 0.000000241. The highest BCUT2D eigenvalue weighted by Crippen LogP contribution is 2.43. The fraction of sp³-hybridized carbons (Fsp3) is 0.367. The Labute approximate surface area is 373 Å². The zero-order valence-electron chi connectivity index (χ0n) is 36.3. The average molecular weight is 875 g/mol. The number of likely N-dealkylation sites (tertiary alicyclic amines) is 1. The standard InChI is InChI=1S/C31H40N4O3.2C9H9NO3/c1-31(2)25-12-6-7-13-27(25)35(30(31)38)24-16-19-34(20-17-24)29(37)26(15-14-22-9-4-3-5-10-22)33-28(36)23-11-8-18-32-21-23;2*11-8(12)6-10-9(13)7-4-2-1-3-5-7/h3-7,9-10,12-13,23-24,26,32H,8,11,14-21H2,1-2H3,(H,33,36);2*1-5H,6H2,(H,10,13)(H,11,12)/t23-,26+;;/m1../s1. The molecule has 4 aromatic carbocycles. The summed E-state index contributed by atoms with van der Waals surface area (Å²) in [6.07, 6.45) is 4.59. The Morgan fingerprint density at radius 3 is 1.75 bits per heavy atom. The molecule has 2 fully saturated rings. The van der Waals surface area contributed by atoms with E-state index in [2.05, 4.69) is 33.4 Å². The number of carboxylic acids is 2. The van der Waals surface area contributed by atoms with Crippen LogP contribution in [0.25, 0.3) is 0 Å². The number of amides is 5. The molecule has 5 amide bonds. The Morgan fingerprint density at radius 1 is 0.719 bits per heavy atom. The smallest absolute Gasteiger partial charge is 0.322 e. The number of hydrogen-bond acceptors (Lipinski definition) is 8. The van der Waals surface area contributed by atoms with Crippen LogP contribution in [0.3, 0.4) is 0 Å². The third-order valence-electron chi connectivity index (χ3n) is 11.5. The highest BCUT2D eigenvalue weighted by atomic mass is 16.4. The summed E-state index contributed by atoms with van der Waals surface area (Å²) in [6, 6.07) is 34.6. The number of piperidine rings is 2. The average Bonchev–Trinajstić information content (AvgIpc) is 3.53. The molecule has 0 radical (unpaired) electrons. The number of aliphatic carboxylic acids is 2. The van der Waals surface area contributed by atoms with E-state index in [1.807, 2.05) is 66.1 Å².